The van der Waals surface area contributed by atoms with Crippen molar-refractivity contribution in [2.45, 2.75) is 13.8 Å². The summed E-state index contributed by atoms with van der Waals surface area (Å²) in [7, 11) is 0. The van der Waals surface area contributed by atoms with Crippen LogP contribution >= 0.6 is 0 Å². The van der Waals surface area contributed by atoms with E-state index < -0.39 is 0 Å². The summed E-state index contributed by atoms with van der Waals surface area (Å²) in [4.78, 5) is 0. The van der Waals surface area contributed by atoms with Crippen LogP contribution in [-0.4, -0.2) is 15.4 Å². The molecule has 0 aliphatic rings. The lowest BCUT2D eigenvalue weighted by Crippen LogP contribution is -1.91. The van der Waals surface area contributed by atoms with Crippen molar-refractivity contribution in [2.75, 3.05) is 0 Å². The van der Waals surface area contributed by atoms with E-state index in [9.17, 15) is 0 Å². The topological polar surface area (TPSA) is 38.7 Å². The zero-order valence-electron chi connectivity index (χ0n) is 7.49. The highest BCUT2D eigenvalue weighted by molar-refractivity contribution is 5.58. The Morgan fingerprint density at radius 2 is 1.92 bits per heavy atom. The van der Waals surface area contributed by atoms with Crippen LogP contribution in [0.25, 0.3) is 12.2 Å². The molecule has 1 aromatic heterocycles. The highest BCUT2D eigenvalue weighted by Crippen LogP contribution is 2.03. The molecule has 0 saturated heterocycles. The molecule has 0 radical (unpaired) electrons. The van der Waals surface area contributed by atoms with Gasteiger partial charge in [0.15, 0.2) is 0 Å². The summed E-state index contributed by atoms with van der Waals surface area (Å²) in [6.45, 7) is 11.1. The van der Waals surface area contributed by atoms with Crippen molar-refractivity contribution >= 4 is 12.2 Å². The van der Waals surface area contributed by atoms with Gasteiger partial charge in [0.2, 0.25) is 0 Å². The largest absolute Gasteiger partial charge is 0.138 e. The molecule has 0 saturated carbocycles. The summed E-state index contributed by atoms with van der Waals surface area (Å²) in [6, 6.07) is 0. The lowest BCUT2D eigenvalue weighted by molar-refractivity contribution is 0.854. The number of nitrogens with zero attached hydrogens (tertiary/aromatic N) is 3. The fourth-order valence-electron chi connectivity index (χ4n) is 0.602. The van der Waals surface area contributed by atoms with Gasteiger partial charge < -0.3 is 0 Å². The predicted octanol–water partition coefficient (Wildman–Crippen LogP) is 2.18. The van der Waals surface area contributed by atoms with Gasteiger partial charge in [-0.25, -0.2) is 0 Å². The third kappa shape index (κ3) is 2.62. The summed E-state index contributed by atoms with van der Waals surface area (Å²) in [5.74, 6) is 0. The molecule has 1 rings (SSSR count). The zero-order valence-corrected chi connectivity index (χ0v) is 7.49. The molecule has 0 amide bonds. The molecule has 0 spiro atoms. The van der Waals surface area contributed by atoms with Crippen LogP contribution in [0.3, 0.4) is 0 Å². The molecule has 0 aromatic carbocycles. The van der Waals surface area contributed by atoms with Crippen molar-refractivity contribution in [2.24, 2.45) is 0 Å². The molecular formula is C9H13N3. The first-order valence-electron chi connectivity index (χ1n) is 3.81. The van der Waals surface area contributed by atoms with Crippen LogP contribution in [0.2, 0.25) is 0 Å². The van der Waals surface area contributed by atoms with E-state index in [1.807, 2.05) is 13.8 Å². The van der Waals surface area contributed by atoms with Crippen LogP contribution in [0.5, 0.6) is 0 Å². The minimum Gasteiger partial charge on any atom is -0.138 e. The van der Waals surface area contributed by atoms with E-state index in [1.165, 1.54) is 0 Å². The van der Waals surface area contributed by atoms with Crippen LogP contribution in [0.4, 0.5) is 0 Å². The third-order valence-electron chi connectivity index (χ3n) is 1.11. The molecule has 3 heteroatoms. The van der Waals surface area contributed by atoms with Gasteiger partial charge in [-0.3, -0.25) is 0 Å². The Kier molecular flexibility index (Phi) is 5.43. The minimum absolute atomic E-state index is 0.713. The quantitative estimate of drug-likeness (QED) is 0.670. The molecule has 0 atom stereocenters. The first kappa shape index (κ1) is 10.5. The van der Waals surface area contributed by atoms with E-state index in [2.05, 4.69) is 28.6 Å². The van der Waals surface area contributed by atoms with Gasteiger partial charge in [-0.2, -0.15) is 0 Å². The average molecular weight is 163 g/mol. The van der Waals surface area contributed by atoms with Crippen LogP contribution in [0, 0.1) is 0 Å². The summed E-state index contributed by atoms with van der Waals surface area (Å²) in [5.41, 5.74) is 1.56. The van der Waals surface area contributed by atoms with Crippen molar-refractivity contribution in [3.63, 3.8) is 0 Å². The number of hydrogen-bond acceptors (Lipinski definition) is 3. The molecule has 0 fully saturated rings. The molecule has 0 unspecified atom stereocenters. The molecule has 0 bridgehead atoms. The van der Waals surface area contributed by atoms with Crippen LogP contribution in [0.15, 0.2) is 19.4 Å². The number of hydrogen-bond donors (Lipinski definition) is 0. The van der Waals surface area contributed by atoms with Gasteiger partial charge in [0.05, 0.1) is 11.9 Å². The van der Waals surface area contributed by atoms with Crippen molar-refractivity contribution in [3.8, 4) is 0 Å². The van der Waals surface area contributed by atoms with E-state index in [1.54, 1.807) is 18.3 Å². The fourth-order valence-corrected chi connectivity index (χ4v) is 0.602. The van der Waals surface area contributed by atoms with E-state index >= 15 is 0 Å². The maximum atomic E-state index is 3.72. The monoisotopic (exact) mass is 163 g/mol. The normalized spacial score (nSPS) is 7.83. The molecule has 12 heavy (non-hydrogen) atoms. The van der Waals surface area contributed by atoms with Gasteiger partial charge in [-0.05, 0) is 11.3 Å². The second kappa shape index (κ2) is 6.22. The lowest BCUT2D eigenvalue weighted by atomic mass is 10.2. The Morgan fingerprint density at radius 3 is 2.33 bits per heavy atom. The van der Waals surface area contributed by atoms with E-state index in [4.69, 9.17) is 0 Å². The third-order valence-corrected chi connectivity index (χ3v) is 1.11. The molecule has 1 heterocycles. The van der Waals surface area contributed by atoms with Gasteiger partial charge in [0.1, 0.15) is 0 Å². The Hall–Kier alpha value is -1.51. The Bertz CT molecular complexity index is 229. The van der Waals surface area contributed by atoms with Gasteiger partial charge in [0, 0.05) is 5.56 Å². The predicted molar refractivity (Wildman–Crippen MR) is 51.4 cm³/mol. The fraction of sp³-hybridized carbons (Fsp3) is 0.222. The summed E-state index contributed by atoms with van der Waals surface area (Å²) in [5, 5.41) is 10.7. The molecule has 64 valence electrons. The summed E-state index contributed by atoms with van der Waals surface area (Å²) >= 11 is 0. The van der Waals surface area contributed by atoms with Crippen LogP contribution < -0.4 is 0 Å². The number of rotatable bonds is 2. The lowest BCUT2D eigenvalue weighted by Gasteiger charge is -1.92. The van der Waals surface area contributed by atoms with Gasteiger partial charge in [-0.1, -0.05) is 33.1 Å². The smallest absolute Gasteiger partial charge is 0.0957 e. The number of aromatic nitrogens is 3. The van der Waals surface area contributed by atoms with E-state index in [-0.39, 0.29) is 0 Å². The van der Waals surface area contributed by atoms with Crippen molar-refractivity contribution < 1.29 is 0 Å². The van der Waals surface area contributed by atoms with Crippen LogP contribution in [0.1, 0.15) is 25.1 Å². The van der Waals surface area contributed by atoms with Gasteiger partial charge in [-0.15, -0.1) is 10.2 Å². The zero-order chi connectivity index (χ0) is 9.40. The second-order valence-corrected chi connectivity index (χ2v) is 1.68. The van der Waals surface area contributed by atoms with Gasteiger partial charge >= 0.3 is 0 Å². The van der Waals surface area contributed by atoms with Crippen molar-refractivity contribution in [3.05, 3.63) is 30.6 Å². The summed E-state index contributed by atoms with van der Waals surface area (Å²) < 4.78 is 0. The van der Waals surface area contributed by atoms with Crippen molar-refractivity contribution in [1.29, 1.82) is 0 Å². The molecule has 0 N–H and O–H groups in total. The van der Waals surface area contributed by atoms with Crippen molar-refractivity contribution in [1.82, 2.24) is 15.4 Å². The second-order valence-electron chi connectivity index (χ2n) is 1.68. The maximum Gasteiger partial charge on any atom is 0.0957 e. The molecular weight excluding hydrogens is 150 g/mol. The first-order valence-corrected chi connectivity index (χ1v) is 3.81. The van der Waals surface area contributed by atoms with E-state index in [0.29, 0.717) is 5.69 Å². The van der Waals surface area contributed by atoms with Crippen LogP contribution in [-0.2, 0) is 0 Å². The summed E-state index contributed by atoms with van der Waals surface area (Å²) in [6.07, 6.45) is 4.88. The first-order chi connectivity index (χ1) is 5.88. The average Bonchev–Trinajstić information content (AvgIpc) is 2.20. The Labute approximate surface area is 72.8 Å². The molecule has 3 nitrogen and oxygen atoms in total. The Morgan fingerprint density at radius 1 is 1.25 bits per heavy atom. The molecule has 0 aliphatic carbocycles. The van der Waals surface area contributed by atoms with E-state index in [0.717, 1.165) is 5.56 Å². The van der Waals surface area contributed by atoms with Gasteiger partial charge in [0.25, 0.3) is 0 Å². The standard InChI is InChI=1S/C7H7N3.C2H6/c1-3-6-5-8-10-9-7(6)4-2;1-2/h3-5H,1-2H2;1-2H3. The Balaban J connectivity index is 0.000000561. The highest BCUT2D eigenvalue weighted by atomic mass is 15.3. The molecule has 1 aromatic rings. The maximum absolute atomic E-state index is 3.72. The minimum atomic E-state index is 0.713. The molecule has 0 aliphatic heterocycles. The highest BCUT2D eigenvalue weighted by Gasteiger charge is 1.93. The SMILES string of the molecule is C=Cc1cnnnc1C=C.CC.